The van der Waals surface area contributed by atoms with Crippen molar-refractivity contribution in [2.45, 2.75) is 109 Å². The summed E-state index contributed by atoms with van der Waals surface area (Å²) in [6.45, 7) is 16.9. The van der Waals surface area contributed by atoms with Gasteiger partial charge in [0.2, 0.25) is 5.91 Å². The standard InChI is InChI=1S/C41H53N5O6S/c1-8-25-22(5)31-18-34-26(9-2)21(4)30(44-34)17-32-23(6)27(37(46-32)24(7)29-15-20(3)28(43-29)16-33(25)45-31)11-12-36(48)42-13-10-14-53-41-40(51)39(50)38(49)35(19-47)52-41/h9,15-18,23,27,35,38-41,44-45,47,49-51H,2,8,10-14,19H2,1,3-7H3,(H,42,48)/t23-,27-,35+,38+,39-,40+,41-/m0/s1. The molecule has 12 heteroatoms. The SMILES string of the molecule is C=Cc1c(C)c2cc3nc(c(C)c4nc(cc5[nH]c(cc1[nH]2)c(C)c5CC)C(C)=C4)[C@@H](CCC(=O)NCCCS[C@@H]1O[C@H](CO)[C@@H](O)[C@H](O)[C@H]1O)[C@@H]3C. The number of hydrogen-bond acceptors (Lipinski definition) is 9. The van der Waals surface area contributed by atoms with Crippen molar-refractivity contribution in [1.29, 1.82) is 0 Å². The summed E-state index contributed by atoms with van der Waals surface area (Å²) >= 11 is 1.28. The molecule has 3 aromatic rings. The number of rotatable bonds is 11. The van der Waals surface area contributed by atoms with Gasteiger partial charge in [0.1, 0.15) is 29.9 Å². The first-order valence-corrected chi connectivity index (χ1v) is 19.6. The number of aliphatic hydroxyl groups excluding tert-OH is 4. The predicted molar refractivity (Wildman–Crippen MR) is 212 cm³/mol. The smallest absolute Gasteiger partial charge is 0.220 e. The molecule has 3 aliphatic heterocycles. The number of thioether (sulfide) groups is 1. The molecule has 0 aliphatic carbocycles. The molecule has 1 fully saturated rings. The number of amides is 1. The molecule has 0 spiro atoms. The quantitative estimate of drug-likeness (QED) is 0.121. The highest BCUT2D eigenvalue weighted by Crippen LogP contribution is 2.42. The van der Waals surface area contributed by atoms with Crippen molar-refractivity contribution in [3.63, 3.8) is 0 Å². The Morgan fingerprint density at radius 3 is 2.43 bits per heavy atom. The maximum absolute atomic E-state index is 13.1. The molecule has 53 heavy (non-hydrogen) atoms. The Morgan fingerprint density at radius 2 is 1.72 bits per heavy atom. The third-order valence-electron chi connectivity index (χ3n) is 11.1. The molecule has 0 unspecified atom stereocenters. The van der Waals surface area contributed by atoms with Crippen molar-refractivity contribution in [1.82, 2.24) is 25.3 Å². The third-order valence-corrected chi connectivity index (χ3v) is 12.4. The van der Waals surface area contributed by atoms with Gasteiger partial charge in [0, 0.05) is 63.8 Å². The first-order chi connectivity index (χ1) is 25.4. The van der Waals surface area contributed by atoms with Crippen molar-refractivity contribution in [3.8, 4) is 0 Å². The van der Waals surface area contributed by atoms with Crippen LogP contribution < -0.4 is 5.32 Å². The van der Waals surface area contributed by atoms with E-state index in [2.05, 4.69) is 87.7 Å². The van der Waals surface area contributed by atoms with E-state index in [1.165, 1.54) is 22.9 Å². The van der Waals surface area contributed by atoms with Crippen molar-refractivity contribution in [2.24, 2.45) is 0 Å². The number of fused-ring (bicyclic) bond motifs is 8. The Bertz CT molecular complexity index is 2070. The average Bonchev–Trinajstić information content (AvgIpc) is 3.84. The van der Waals surface area contributed by atoms with Crippen LogP contribution in [0.25, 0.3) is 39.8 Å². The molecule has 3 aromatic heterocycles. The zero-order chi connectivity index (χ0) is 38.1. The molecule has 8 bridgehead atoms. The second kappa shape index (κ2) is 16.3. The fourth-order valence-corrected chi connectivity index (χ4v) is 8.89. The van der Waals surface area contributed by atoms with E-state index in [9.17, 15) is 25.2 Å². The minimum absolute atomic E-state index is 0.00826. The van der Waals surface area contributed by atoms with Crippen LogP contribution in [-0.2, 0) is 16.0 Å². The lowest BCUT2D eigenvalue weighted by molar-refractivity contribution is -0.205. The highest BCUT2D eigenvalue weighted by Gasteiger charge is 2.43. The van der Waals surface area contributed by atoms with Crippen LogP contribution >= 0.6 is 11.8 Å². The normalized spacial score (nSPS) is 24.3. The van der Waals surface area contributed by atoms with Gasteiger partial charge in [-0.25, -0.2) is 4.98 Å². The van der Waals surface area contributed by atoms with Gasteiger partial charge in [-0.1, -0.05) is 26.5 Å². The largest absolute Gasteiger partial charge is 0.394 e. The van der Waals surface area contributed by atoms with Gasteiger partial charge < -0.3 is 40.4 Å². The summed E-state index contributed by atoms with van der Waals surface area (Å²) in [5, 5.41) is 42.8. The number of ether oxygens (including phenoxy) is 1. The molecule has 11 nitrogen and oxygen atoms in total. The highest BCUT2D eigenvalue weighted by atomic mass is 32.2. The van der Waals surface area contributed by atoms with Crippen LogP contribution in [0.3, 0.4) is 0 Å². The third kappa shape index (κ3) is 7.76. The first kappa shape index (κ1) is 38.9. The molecule has 0 saturated carbocycles. The average molecular weight is 744 g/mol. The molecule has 0 radical (unpaired) electrons. The summed E-state index contributed by atoms with van der Waals surface area (Å²) in [5.74, 6) is 0.560. The summed E-state index contributed by atoms with van der Waals surface area (Å²) in [6.07, 6.45) is 1.49. The van der Waals surface area contributed by atoms with E-state index < -0.39 is 36.5 Å². The maximum Gasteiger partial charge on any atom is 0.220 e. The number of aryl methyl sites for hydroxylation is 3. The summed E-state index contributed by atoms with van der Waals surface area (Å²) in [4.78, 5) is 30.8. The summed E-state index contributed by atoms with van der Waals surface area (Å²) in [6, 6.07) is 6.46. The van der Waals surface area contributed by atoms with Gasteiger partial charge in [-0.3, -0.25) is 9.78 Å². The zero-order valence-corrected chi connectivity index (χ0v) is 32.3. The van der Waals surface area contributed by atoms with E-state index in [0.717, 1.165) is 73.5 Å². The van der Waals surface area contributed by atoms with Crippen LogP contribution in [0.2, 0.25) is 0 Å². The predicted octanol–water partition coefficient (Wildman–Crippen LogP) is 5.71. The molecule has 1 amide bonds. The lowest BCUT2D eigenvalue weighted by Gasteiger charge is -2.39. The molecule has 7 N–H and O–H groups in total. The fraction of sp³-hybridized carbons (Fsp3) is 0.488. The minimum atomic E-state index is -1.40. The molecule has 6 rings (SSSR count). The number of carbonyl (C=O) groups is 1. The zero-order valence-electron chi connectivity index (χ0n) is 31.5. The number of hydrogen-bond donors (Lipinski definition) is 7. The Labute approximate surface area is 315 Å². The number of nitrogens with one attached hydrogen (secondary N) is 3. The lowest BCUT2D eigenvalue weighted by atomic mass is 9.85. The van der Waals surface area contributed by atoms with Crippen LogP contribution in [0.1, 0.15) is 102 Å². The van der Waals surface area contributed by atoms with Crippen LogP contribution in [0, 0.1) is 20.8 Å². The van der Waals surface area contributed by atoms with E-state index in [-0.39, 0.29) is 17.7 Å². The Kier molecular flexibility index (Phi) is 12.0. The van der Waals surface area contributed by atoms with Gasteiger partial charge >= 0.3 is 0 Å². The van der Waals surface area contributed by atoms with Crippen LogP contribution in [-0.4, -0.2) is 95.0 Å². The minimum Gasteiger partial charge on any atom is -0.394 e. The second-order valence-corrected chi connectivity index (χ2v) is 15.7. The van der Waals surface area contributed by atoms with Gasteiger partial charge in [-0.15, -0.1) is 11.8 Å². The number of allylic oxidation sites excluding steroid dienone is 1. The molecular weight excluding hydrogens is 691 g/mol. The topological polar surface area (TPSA) is 177 Å². The molecule has 3 aliphatic rings. The molecule has 1 saturated heterocycles. The van der Waals surface area contributed by atoms with Crippen molar-refractivity contribution < 1.29 is 30.0 Å². The van der Waals surface area contributed by atoms with Crippen LogP contribution in [0.4, 0.5) is 0 Å². The number of nitrogens with zero attached hydrogens (tertiary/aromatic N) is 2. The van der Waals surface area contributed by atoms with E-state index in [1.807, 2.05) is 6.08 Å². The van der Waals surface area contributed by atoms with Crippen LogP contribution in [0.15, 0.2) is 24.8 Å². The molecule has 7 atom stereocenters. The molecule has 284 valence electrons. The monoisotopic (exact) mass is 743 g/mol. The van der Waals surface area contributed by atoms with Crippen molar-refractivity contribution >= 4 is 57.5 Å². The summed E-state index contributed by atoms with van der Waals surface area (Å²) in [7, 11) is 0. The molecule has 0 aromatic carbocycles. The fourth-order valence-electron chi connectivity index (χ4n) is 7.76. The van der Waals surface area contributed by atoms with Gasteiger partial charge in [-0.05, 0) is 105 Å². The molecular formula is C41H53N5O6S. The van der Waals surface area contributed by atoms with Gasteiger partial charge in [0.25, 0.3) is 0 Å². The number of H-pyrrole nitrogens is 2. The number of carbonyl (C=O) groups excluding carboxylic acids is 1. The van der Waals surface area contributed by atoms with Gasteiger partial charge in [-0.2, -0.15) is 0 Å². The number of aromatic nitrogens is 4. The van der Waals surface area contributed by atoms with Crippen molar-refractivity contribution in [3.05, 3.63) is 75.4 Å². The van der Waals surface area contributed by atoms with Gasteiger partial charge in [0.05, 0.1) is 18.0 Å². The summed E-state index contributed by atoms with van der Waals surface area (Å²) < 4.78 is 5.57. The van der Waals surface area contributed by atoms with E-state index in [0.29, 0.717) is 31.6 Å². The lowest BCUT2D eigenvalue weighted by Crippen LogP contribution is -2.57. The van der Waals surface area contributed by atoms with E-state index >= 15 is 0 Å². The Morgan fingerprint density at radius 1 is 0.981 bits per heavy atom. The first-order valence-electron chi connectivity index (χ1n) is 18.6. The Balaban J connectivity index is 1.25. The number of aliphatic hydroxyl groups is 4. The van der Waals surface area contributed by atoms with Crippen molar-refractivity contribution in [2.75, 3.05) is 18.9 Å². The Hall–Kier alpha value is -3.78. The van der Waals surface area contributed by atoms with E-state index in [1.54, 1.807) is 0 Å². The molecule has 6 heterocycles. The highest BCUT2D eigenvalue weighted by molar-refractivity contribution is 7.99. The number of aromatic amines is 2. The van der Waals surface area contributed by atoms with E-state index in [4.69, 9.17) is 14.7 Å². The maximum atomic E-state index is 13.1. The van der Waals surface area contributed by atoms with Crippen LogP contribution in [0.5, 0.6) is 0 Å². The second-order valence-electron chi connectivity index (χ2n) is 14.5. The van der Waals surface area contributed by atoms with Gasteiger partial charge in [0.15, 0.2) is 0 Å². The summed E-state index contributed by atoms with van der Waals surface area (Å²) in [5.41, 5.74) is 13.7.